The average molecular weight is 442 g/mol. The molecule has 0 bridgehead atoms. The zero-order chi connectivity index (χ0) is 22.5. The lowest BCUT2D eigenvalue weighted by atomic mass is 10.0. The highest BCUT2D eigenvalue weighted by atomic mass is 35.5. The van der Waals surface area contributed by atoms with E-state index in [-0.39, 0.29) is 18.2 Å². The van der Waals surface area contributed by atoms with Gasteiger partial charge in [0.25, 0.3) is 11.8 Å². The fourth-order valence-electron chi connectivity index (χ4n) is 2.91. The Kier molecular flexibility index (Phi) is 6.91. The molecule has 8 nitrogen and oxygen atoms in total. The molecule has 0 aliphatic rings. The summed E-state index contributed by atoms with van der Waals surface area (Å²) in [6, 6.07) is 12.8. The van der Waals surface area contributed by atoms with Crippen molar-refractivity contribution >= 4 is 23.4 Å². The van der Waals surface area contributed by atoms with Gasteiger partial charge >= 0.3 is 0 Å². The molecule has 2 aromatic carbocycles. The quantitative estimate of drug-likeness (QED) is 0.570. The molecule has 162 valence electrons. The van der Waals surface area contributed by atoms with Crippen molar-refractivity contribution in [1.82, 2.24) is 25.8 Å². The first-order valence-corrected chi connectivity index (χ1v) is 10.1. The minimum absolute atomic E-state index is 0.0852. The van der Waals surface area contributed by atoms with Crippen LogP contribution in [0.4, 0.5) is 0 Å². The fourth-order valence-corrected chi connectivity index (χ4v) is 3.10. The van der Waals surface area contributed by atoms with Crippen molar-refractivity contribution in [3.05, 3.63) is 70.0 Å². The molecule has 3 aromatic rings. The summed E-state index contributed by atoms with van der Waals surface area (Å²) in [4.78, 5) is 25.9. The highest BCUT2D eigenvalue weighted by Crippen LogP contribution is 2.27. The number of rotatable bonds is 6. The summed E-state index contributed by atoms with van der Waals surface area (Å²) in [5.41, 5.74) is 7.83. The van der Waals surface area contributed by atoms with Crippen LogP contribution in [0.15, 0.2) is 42.5 Å². The molecule has 3 rings (SSSR count). The summed E-state index contributed by atoms with van der Waals surface area (Å²) >= 11 is 5.99. The van der Waals surface area contributed by atoms with E-state index < -0.39 is 11.8 Å². The van der Waals surface area contributed by atoms with Crippen LogP contribution in [-0.2, 0) is 4.79 Å². The number of benzene rings is 2. The molecule has 2 N–H and O–H groups in total. The molecule has 31 heavy (non-hydrogen) atoms. The molecule has 0 radical (unpaired) electrons. The molecular weight excluding hydrogens is 418 g/mol. The van der Waals surface area contributed by atoms with Crippen LogP contribution >= 0.6 is 11.6 Å². The van der Waals surface area contributed by atoms with E-state index in [9.17, 15) is 9.59 Å². The van der Waals surface area contributed by atoms with Crippen molar-refractivity contribution in [2.75, 3.05) is 6.61 Å². The van der Waals surface area contributed by atoms with E-state index in [4.69, 9.17) is 16.3 Å². The molecule has 0 atom stereocenters. The van der Waals surface area contributed by atoms with Gasteiger partial charge < -0.3 is 4.74 Å². The SMILES string of the molecule is Cc1ccc(C(C)C)c(OCC(=O)NNC(=O)c2nn(-c3cccc(Cl)c3)nc2C)c1. The van der Waals surface area contributed by atoms with Crippen LogP contribution in [-0.4, -0.2) is 33.4 Å². The summed E-state index contributed by atoms with van der Waals surface area (Å²) < 4.78 is 5.67. The van der Waals surface area contributed by atoms with Crippen molar-refractivity contribution in [3.8, 4) is 11.4 Å². The highest BCUT2D eigenvalue weighted by Gasteiger charge is 2.17. The third-order valence-electron chi connectivity index (χ3n) is 4.50. The normalized spacial score (nSPS) is 10.8. The van der Waals surface area contributed by atoms with E-state index in [1.807, 2.05) is 25.1 Å². The molecule has 9 heteroatoms. The Bertz CT molecular complexity index is 1110. The van der Waals surface area contributed by atoms with Crippen molar-refractivity contribution in [2.24, 2.45) is 0 Å². The molecule has 0 saturated heterocycles. The van der Waals surface area contributed by atoms with Crippen LogP contribution < -0.4 is 15.6 Å². The van der Waals surface area contributed by atoms with Crippen LogP contribution in [0.25, 0.3) is 5.69 Å². The van der Waals surface area contributed by atoms with Gasteiger partial charge in [-0.3, -0.25) is 20.4 Å². The average Bonchev–Trinajstić information content (AvgIpc) is 3.12. The van der Waals surface area contributed by atoms with Crippen LogP contribution in [0.3, 0.4) is 0 Å². The van der Waals surface area contributed by atoms with Crippen LogP contribution in [0.2, 0.25) is 5.02 Å². The number of ether oxygens (including phenoxy) is 1. The van der Waals surface area contributed by atoms with E-state index in [1.165, 1.54) is 4.80 Å². The number of amides is 2. The summed E-state index contributed by atoms with van der Waals surface area (Å²) in [5, 5.41) is 8.94. The summed E-state index contributed by atoms with van der Waals surface area (Å²) in [7, 11) is 0. The number of carbonyl (C=O) groups is 2. The number of aryl methyl sites for hydroxylation is 2. The van der Waals surface area contributed by atoms with Gasteiger partial charge in [0.2, 0.25) is 0 Å². The Hall–Kier alpha value is -3.39. The minimum atomic E-state index is -0.586. The molecule has 0 fully saturated rings. The lowest BCUT2D eigenvalue weighted by molar-refractivity contribution is -0.123. The van der Waals surface area contributed by atoms with Crippen LogP contribution in [0.5, 0.6) is 5.75 Å². The van der Waals surface area contributed by atoms with Gasteiger partial charge in [-0.25, -0.2) is 0 Å². The molecule has 1 heterocycles. The maximum atomic E-state index is 12.4. The standard InChI is InChI=1S/C22H24ClN5O3/c1-13(2)18-9-8-14(3)10-19(18)31-12-20(29)24-25-22(30)21-15(4)26-28(27-21)17-7-5-6-16(23)11-17/h5-11,13H,12H2,1-4H3,(H,24,29)(H,25,30). The van der Waals surface area contributed by atoms with Crippen molar-refractivity contribution < 1.29 is 14.3 Å². The highest BCUT2D eigenvalue weighted by molar-refractivity contribution is 6.30. The van der Waals surface area contributed by atoms with Gasteiger partial charge in [-0.05, 0) is 55.2 Å². The number of carbonyl (C=O) groups excluding carboxylic acids is 2. The molecule has 0 aliphatic carbocycles. The third-order valence-corrected chi connectivity index (χ3v) is 4.74. The van der Waals surface area contributed by atoms with E-state index >= 15 is 0 Å². The van der Waals surface area contributed by atoms with Gasteiger partial charge in [-0.15, -0.1) is 5.10 Å². The summed E-state index contributed by atoms with van der Waals surface area (Å²) in [6.07, 6.45) is 0. The number of hydrogen-bond acceptors (Lipinski definition) is 5. The largest absolute Gasteiger partial charge is 0.483 e. The van der Waals surface area contributed by atoms with Gasteiger partial charge in [-0.2, -0.15) is 9.90 Å². The second-order valence-electron chi connectivity index (χ2n) is 7.39. The van der Waals surface area contributed by atoms with Crippen molar-refractivity contribution in [3.63, 3.8) is 0 Å². The number of aromatic nitrogens is 3. The molecular formula is C22H24ClN5O3. The monoisotopic (exact) mass is 441 g/mol. The zero-order valence-electron chi connectivity index (χ0n) is 17.8. The predicted molar refractivity (Wildman–Crippen MR) is 117 cm³/mol. The molecule has 0 saturated carbocycles. The molecule has 0 unspecified atom stereocenters. The van der Waals surface area contributed by atoms with Crippen LogP contribution in [0, 0.1) is 13.8 Å². The smallest absolute Gasteiger partial charge is 0.292 e. The Morgan fingerprint density at radius 2 is 1.87 bits per heavy atom. The van der Waals surface area contributed by atoms with E-state index in [1.54, 1.807) is 31.2 Å². The molecule has 2 amide bonds. The number of hydrogen-bond donors (Lipinski definition) is 2. The molecule has 0 aliphatic heterocycles. The number of halogens is 1. The molecule has 1 aromatic heterocycles. The molecule has 0 spiro atoms. The van der Waals surface area contributed by atoms with Crippen molar-refractivity contribution in [1.29, 1.82) is 0 Å². The first-order chi connectivity index (χ1) is 14.7. The summed E-state index contributed by atoms with van der Waals surface area (Å²) in [5.74, 6) is -0.178. The van der Waals surface area contributed by atoms with Gasteiger partial charge in [0.1, 0.15) is 5.75 Å². The lowest BCUT2D eigenvalue weighted by Gasteiger charge is -2.14. The lowest BCUT2D eigenvalue weighted by Crippen LogP contribution is -2.44. The topological polar surface area (TPSA) is 98.1 Å². The second kappa shape index (κ2) is 9.61. The summed E-state index contributed by atoms with van der Waals surface area (Å²) in [6.45, 7) is 7.47. The first-order valence-electron chi connectivity index (χ1n) is 9.77. The van der Waals surface area contributed by atoms with E-state index in [0.717, 1.165) is 11.1 Å². The third kappa shape index (κ3) is 5.61. The zero-order valence-corrected chi connectivity index (χ0v) is 18.5. The van der Waals surface area contributed by atoms with E-state index in [0.29, 0.717) is 22.2 Å². The maximum absolute atomic E-state index is 12.4. The predicted octanol–water partition coefficient (Wildman–Crippen LogP) is 3.50. The Morgan fingerprint density at radius 3 is 2.58 bits per heavy atom. The Balaban J connectivity index is 1.59. The number of nitrogens with zero attached hydrogens (tertiary/aromatic N) is 3. The van der Waals surface area contributed by atoms with Gasteiger partial charge in [0.05, 0.1) is 11.4 Å². The Morgan fingerprint density at radius 1 is 1.10 bits per heavy atom. The number of nitrogens with one attached hydrogen (secondary N) is 2. The number of hydrazine groups is 1. The van der Waals surface area contributed by atoms with Gasteiger partial charge in [-0.1, -0.05) is 43.6 Å². The van der Waals surface area contributed by atoms with Crippen LogP contribution in [0.1, 0.15) is 47.1 Å². The first kappa shape index (κ1) is 22.3. The fraction of sp³-hybridized carbons (Fsp3) is 0.273. The van der Waals surface area contributed by atoms with Gasteiger partial charge in [0.15, 0.2) is 12.3 Å². The van der Waals surface area contributed by atoms with E-state index in [2.05, 4.69) is 34.9 Å². The second-order valence-corrected chi connectivity index (χ2v) is 7.83. The van der Waals surface area contributed by atoms with Crippen molar-refractivity contribution in [2.45, 2.75) is 33.6 Å². The Labute approximate surface area is 185 Å². The maximum Gasteiger partial charge on any atom is 0.292 e. The van der Waals surface area contributed by atoms with Gasteiger partial charge in [0, 0.05) is 5.02 Å². The minimum Gasteiger partial charge on any atom is -0.483 e.